The summed E-state index contributed by atoms with van der Waals surface area (Å²) in [5.41, 5.74) is 2.52. The van der Waals surface area contributed by atoms with Gasteiger partial charge in [0, 0.05) is 28.6 Å². The Bertz CT molecular complexity index is 1340. The Hall–Kier alpha value is -3.71. The van der Waals surface area contributed by atoms with Crippen LogP contribution in [0.25, 0.3) is 22.0 Å². The van der Waals surface area contributed by atoms with Gasteiger partial charge in [0.2, 0.25) is 0 Å². The summed E-state index contributed by atoms with van der Waals surface area (Å²) < 4.78 is 34.0. The van der Waals surface area contributed by atoms with Crippen LogP contribution < -0.4 is 10.1 Å². The van der Waals surface area contributed by atoms with Gasteiger partial charge >= 0.3 is 0 Å². The summed E-state index contributed by atoms with van der Waals surface area (Å²) in [5, 5.41) is 14.0. The molecule has 2 atom stereocenters. The summed E-state index contributed by atoms with van der Waals surface area (Å²) in [4.78, 5) is 16.6. The number of rotatable bonds is 9. The largest absolute Gasteiger partial charge is 0.493 e. The van der Waals surface area contributed by atoms with Gasteiger partial charge in [-0.3, -0.25) is 4.79 Å². The number of aliphatic hydroxyl groups excluding tert-OH is 1. The molecule has 1 heterocycles. The van der Waals surface area contributed by atoms with Crippen molar-refractivity contribution in [3.63, 3.8) is 0 Å². The third kappa shape index (κ3) is 5.20. The van der Waals surface area contributed by atoms with Crippen LogP contribution in [0.1, 0.15) is 42.1 Å². The molecule has 0 aliphatic heterocycles. The van der Waals surface area contributed by atoms with Crippen molar-refractivity contribution < 1.29 is 23.4 Å². The standard InChI is InChI=1S/C28H28F2N2O3/c1-3-12-35-27-11-8-18(21-14-19(29)9-10-24(21)30)13-22(27)28(34)32-26(16-33)17(2)23-15-31-25-7-5-4-6-20(23)25/h4-11,13-15,17,26,31,33H,3,12,16H2,1-2H3,(H,32,34)/t17-,26?/m1/s1. The minimum absolute atomic E-state index is 0.0481. The van der Waals surface area contributed by atoms with E-state index in [0.29, 0.717) is 17.9 Å². The maximum Gasteiger partial charge on any atom is 0.255 e. The fourth-order valence-electron chi connectivity index (χ4n) is 4.19. The lowest BCUT2D eigenvalue weighted by Crippen LogP contribution is -2.41. The number of aromatic nitrogens is 1. The number of fused-ring (bicyclic) bond motifs is 1. The fourth-order valence-corrected chi connectivity index (χ4v) is 4.19. The molecule has 1 amide bonds. The fraction of sp³-hybridized carbons (Fsp3) is 0.250. The molecule has 4 rings (SSSR count). The molecule has 0 aliphatic carbocycles. The average Bonchev–Trinajstić information content (AvgIpc) is 3.31. The topological polar surface area (TPSA) is 74.3 Å². The van der Waals surface area contributed by atoms with Crippen molar-refractivity contribution in [2.75, 3.05) is 13.2 Å². The maximum atomic E-state index is 14.4. The predicted molar refractivity (Wildman–Crippen MR) is 133 cm³/mol. The van der Waals surface area contributed by atoms with Crippen molar-refractivity contribution in [3.05, 3.63) is 89.6 Å². The van der Waals surface area contributed by atoms with E-state index < -0.39 is 23.6 Å². The van der Waals surface area contributed by atoms with E-state index in [-0.39, 0.29) is 23.7 Å². The maximum absolute atomic E-state index is 14.4. The smallest absolute Gasteiger partial charge is 0.255 e. The SMILES string of the molecule is CCCOc1ccc(-c2cc(F)ccc2F)cc1C(=O)NC(CO)[C@H](C)c1c[nH]c2ccccc12. The third-order valence-electron chi connectivity index (χ3n) is 6.15. The predicted octanol–water partition coefficient (Wildman–Crippen LogP) is 5.80. The number of H-pyrrole nitrogens is 1. The first-order valence-corrected chi connectivity index (χ1v) is 11.6. The summed E-state index contributed by atoms with van der Waals surface area (Å²) in [5.74, 6) is -1.52. The van der Waals surface area contributed by atoms with Crippen LogP contribution in [0.2, 0.25) is 0 Å². The van der Waals surface area contributed by atoms with Crippen LogP contribution in [0.3, 0.4) is 0 Å². The molecule has 1 aromatic heterocycles. The number of aliphatic hydroxyl groups is 1. The number of aromatic amines is 1. The van der Waals surface area contributed by atoms with Crippen LogP contribution in [0, 0.1) is 11.6 Å². The first-order chi connectivity index (χ1) is 16.9. The van der Waals surface area contributed by atoms with Crippen LogP contribution in [0.5, 0.6) is 5.75 Å². The monoisotopic (exact) mass is 478 g/mol. The second-order valence-corrected chi connectivity index (χ2v) is 8.52. The normalized spacial score (nSPS) is 12.9. The van der Waals surface area contributed by atoms with Crippen LogP contribution in [0.4, 0.5) is 8.78 Å². The van der Waals surface area contributed by atoms with Gasteiger partial charge < -0.3 is 20.1 Å². The van der Waals surface area contributed by atoms with E-state index in [4.69, 9.17) is 4.74 Å². The zero-order valence-corrected chi connectivity index (χ0v) is 19.6. The minimum atomic E-state index is -0.596. The lowest BCUT2D eigenvalue weighted by Gasteiger charge is -2.24. The highest BCUT2D eigenvalue weighted by Crippen LogP contribution is 2.31. The summed E-state index contributed by atoms with van der Waals surface area (Å²) in [6.07, 6.45) is 2.62. The Morgan fingerprint density at radius 1 is 1.11 bits per heavy atom. The number of hydrogen-bond donors (Lipinski definition) is 3. The van der Waals surface area contributed by atoms with Crippen LogP contribution in [-0.2, 0) is 0 Å². The number of ether oxygens (including phenoxy) is 1. The second-order valence-electron chi connectivity index (χ2n) is 8.52. The average molecular weight is 479 g/mol. The quantitative estimate of drug-likeness (QED) is 0.285. The number of carbonyl (C=O) groups is 1. The number of para-hydroxylation sites is 1. The molecule has 0 saturated carbocycles. The highest BCUT2D eigenvalue weighted by molar-refractivity contribution is 5.98. The Morgan fingerprint density at radius 3 is 2.69 bits per heavy atom. The van der Waals surface area contributed by atoms with Gasteiger partial charge in [-0.05, 0) is 53.9 Å². The molecule has 5 nitrogen and oxygen atoms in total. The Kier molecular flexibility index (Phi) is 7.46. The zero-order valence-electron chi connectivity index (χ0n) is 19.6. The minimum Gasteiger partial charge on any atom is -0.493 e. The lowest BCUT2D eigenvalue weighted by molar-refractivity contribution is 0.0903. The summed E-state index contributed by atoms with van der Waals surface area (Å²) in [6, 6.07) is 15.1. The molecule has 0 saturated heterocycles. The van der Waals surface area contributed by atoms with Crippen LogP contribution in [0.15, 0.2) is 66.9 Å². The molecule has 3 aromatic carbocycles. The van der Waals surface area contributed by atoms with Gasteiger partial charge in [0.05, 0.1) is 24.8 Å². The number of amides is 1. The van der Waals surface area contributed by atoms with Gasteiger partial charge in [-0.1, -0.05) is 38.1 Å². The van der Waals surface area contributed by atoms with E-state index in [1.807, 2.05) is 44.3 Å². The molecule has 0 radical (unpaired) electrons. The number of halogens is 2. The number of benzene rings is 3. The Morgan fingerprint density at radius 2 is 1.91 bits per heavy atom. The van der Waals surface area contributed by atoms with Crippen LogP contribution in [-0.4, -0.2) is 35.3 Å². The van der Waals surface area contributed by atoms with Crippen molar-refractivity contribution in [1.82, 2.24) is 10.3 Å². The van der Waals surface area contributed by atoms with Crippen molar-refractivity contribution in [3.8, 4) is 16.9 Å². The van der Waals surface area contributed by atoms with E-state index >= 15 is 0 Å². The molecule has 4 aromatic rings. The number of hydrogen-bond acceptors (Lipinski definition) is 3. The van der Waals surface area contributed by atoms with Gasteiger partial charge in [-0.25, -0.2) is 8.78 Å². The molecular formula is C28H28F2N2O3. The lowest BCUT2D eigenvalue weighted by atomic mass is 9.93. The summed E-state index contributed by atoms with van der Waals surface area (Å²) >= 11 is 0. The van der Waals surface area contributed by atoms with Crippen molar-refractivity contribution in [2.24, 2.45) is 0 Å². The first-order valence-electron chi connectivity index (χ1n) is 11.6. The Labute approximate surface area is 202 Å². The van der Waals surface area contributed by atoms with Gasteiger partial charge in [0.15, 0.2) is 0 Å². The zero-order chi connectivity index (χ0) is 24.9. The molecule has 35 heavy (non-hydrogen) atoms. The third-order valence-corrected chi connectivity index (χ3v) is 6.15. The molecule has 3 N–H and O–H groups in total. The molecule has 0 bridgehead atoms. The van der Waals surface area contributed by atoms with E-state index in [1.54, 1.807) is 12.1 Å². The van der Waals surface area contributed by atoms with Gasteiger partial charge in [0.25, 0.3) is 5.91 Å². The second kappa shape index (κ2) is 10.7. The molecule has 0 spiro atoms. The van der Waals surface area contributed by atoms with E-state index in [2.05, 4.69) is 10.3 Å². The number of nitrogens with one attached hydrogen (secondary N) is 2. The molecule has 1 unspecified atom stereocenters. The van der Waals surface area contributed by atoms with E-state index in [1.165, 1.54) is 6.07 Å². The molecular weight excluding hydrogens is 450 g/mol. The van der Waals surface area contributed by atoms with Crippen molar-refractivity contribution in [2.45, 2.75) is 32.2 Å². The van der Waals surface area contributed by atoms with Gasteiger partial charge in [-0.15, -0.1) is 0 Å². The Balaban J connectivity index is 1.66. The van der Waals surface area contributed by atoms with E-state index in [0.717, 1.165) is 41.1 Å². The highest BCUT2D eigenvalue weighted by atomic mass is 19.1. The van der Waals surface area contributed by atoms with Gasteiger partial charge in [-0.2, -0.15) is 0 Å². The van der Waals surface area contributed by atoms with Gasteiger partial charge in [0.1, 0.15) is 17.4 Å². The summed E-state index contributed by atoms with van der Waals surface area (Å²) in [6.45, 7) is 3.99. The van der Waals surface area contributed by atoms with Crippen molar-refractivity contribution in [1.29, 1.82) is 0 Å². The molecule has 7 heteroatoms. The number of carbonyl (C=O) groups excluding carboxylic acids is 1. The highest BCUT2D eigenvalue weighted by Gasteiger charge is 2.25. The molecule has 0 fully saturated rings. The molecule has 182 valence electrons. The summed E-state index contributed by atoms with van der Waals surface area (Å²) in [7, 11) is 0. The molecule has 0 aliphatic rings. The first kappa shape index (κ1) is 24.4. The van der Waals surface area contributed by atoms with Crippen LogP contribution >= 0.6 is 0 Å². The van der Waals surface area contributed by atoms with Crippen molar-refractivity contribution >= 4 is 16.8 Å². The van der Waals surface area contributed by atoms with E-state index in [9.17, 15) is 18.7 Å².